The molecule has 2 rings (SSSR count). The first kappa shape index (κ1) is 16.8. The maximum Gasteiger partial charge on any atom is 0.305 e. The minimum atomic E-state index is -0.880. The molecule has 22 heavy (non-hydrogen) atoms. The van der Waals surface area contributed by atoms with E-state index in [1.165, 1.54) is 0 Å². The lowest BCUT2D eigenvalue weighted by molar-refractivity contribution is -0.142. The number of amides is 1. The van der Waals surface area contributed by atoms with Crippen LogP contribution in [0.1, 0.15) is 37.7 Å². The van der Waals surface area contributed by atoms with Crippen LogP contribution >= 0.6 is 11.6 Å². The Labute approximate surface area is 136 Å². The first-order valence-electron chi connectivity index (χ1n) is 7.65. The smallest absolute Gasteiger partial charge is 0.305 e. The van der Waals surface area contributed by atoms with Gasteiger partial charge in [-0.1, -0.05) is 36.6 Å². The Bertz CT molecular complexity index is 553. The van der Waals surface area contributed by atoms with E-state index >= 15 is 0 Å². The number of carbonyl (C=O) groups excluding carboxylic acids is 1. The van der Waals surface area contributed by atoms with Gasteiger partial charge in [-0.15, -0.1) is 0 Å². The molecule has 1 aromatic carbocycles. The molecule has 120 valence electrons. The third kappa shape index (κ3) is 4.01. The van der Waals surface area contributed by atoms with Gasteiger partial charge in [-0.25, -0.2) is 0 Å². The highest BCUT2D eigenvalue weighted by molar-refractivity contribution is 6.30. The van der Waals surface area contributed by atoms with E-state index in [0.717, 1.165) is 31.2 Å². The summed E-state index contributed by atoms with van der Waals surface area (Å²) in [6.45, 7) is 0.255. The molecule has 0 aliphatic heterocycles. The number of hydrogen-bond acceptors (Lipinski definition) is 2. The monoisotopic (exact) mass is 323 g/mol. The average molecular weight is 324 g/mol. The summed E-state index contributed by atoms with van der Waals surface area (Å²) in [7, 11) is 1.70. The molecule has 1 N–H and O–H groups in total. The summed E-state index contributed by atoms with van der Waals surface area (Å²) in [6.07, 6.45) is 4.45. The van der Waals surface area contributed by atoms with Crippen LogP contribution in [0.25, 0.3) is 0 Å². The van der Waals surface area contributed by atoms with E-state index in [2.05, 4.69) is 0 Å². The highest BCUT2D eigenvalue weighted by Gasteiger charge is 2.42. The standard InChI is InChI=1S/C17H22ClNO3/c1-19(10-7-15(20)21)16(22)17(8-2-3-9-17)12-13-5-4-6-14(18)11-13/h4-6,11H,2-3,7-10,12H2,1H3,(H,20,21). The Hall–Kier alpha value is -1.55. The number of aliphatic carboxylic acids is 1. The van der Waals surface area contributed by atoms with Crippen LogP contribution < -0.4 is 0 Å². The summed E-state index contributed by atoms with van der Waals surface area (Å²) in [5, 5.41) is 9.46. The van der Waals surface area contributed by atoms with Gasteiger partial charge < -0.3 is 10.0 Å². The van der Waals surface area contributed by atoms with E-state index in [-0.39, 0.29) is 18.9 Å². The second-order valence-electron chi connectivity index (χ2n) is 6.16. The van der Waals surface area contributed by atoms with Crippen molar-refractivity contribution in [3.8, 4) is 0 Å². The predicted octanol–water partition coefficient (Wildman–Crippen LogP) is 3.38. The van der Waals surface area contributed by atoms with Crippen molar-refractivity contribution in [3.05, 3.63) is 34.9 Å². The SMILES string of the molecule is CN(CCC(=O)O)C(=O)C1(Cc2cccc(Cl)c2)CCCC1. The average Bonchev–Trinajstić information content (AvgIpc) is 2.93. The van der Waals surface area contributed by atoms with Crippen LogP contribution in [0.2, 0.25) is 5.02 Å². The van der Waals surface area contributed by atoms with Crippen LogP contribution in [0.5, 0.6) is 0 Å². The zero-order chi connectivity index (χ0) is 16.2. The fourth-order valence-corrected chi connectivity index (χ4v) is 3.54. The van der Waals surface area contributed by atoms with Gasteiger partial charge in [0.15, 0.2) is 0 Å². The summed E-state index contributed by atoms with van der Waals surface area (Å²) in [5.41, 5.74) is 0.659. The molecule has 0 saturated heterocycles. The Morgan fingerprint density at radius 3 is 2.59 bits per heavy atom. The topological polar surface area (TPSA) is 57.6 Å². The minimum Gasteiger partial charge on any atom is -0.481 e. The Balaban J connectivity index is 2.13. The molecular formula is C17H22ClNO3. The second kappa shape index (κ2) is 7.14. The van der Waals surface area contributed by atoms with Crippen molar-refractivity contribution in [1.29, 1.82) is 0 Å². The van der Waals surface area contributed by atoms with Crippen molar-refractivity contribution < 1.29 is 14.7 Å². The van der Waals surface area contributed by atoms with E-state index in [4.69, 9.17) is 16.7 Å². The quantitative estimate of drug-likeness (QED) is 0.873. The number of carboxylic acid groups (broad SMARTS) is 1. The molecule has 1 aliphatic carbocycles. The summed E-state index contributed by atoms with van der Waals surface area (Å²) < 4.78 is 0. The molecule has 0 radical (unpaired) electrons. The maximum atomic E-state index is 12.9. The van der Waals surface area contributed by atoms with Gasteiger partial charge >= 0.3 is 5.97 Å². The molecule has 0 atom stereocenters. The Morgan fingerprint density at radius 1 is 1.32 bits per heavy atom. The summed E-state index contributed by atoms with van der Waals surface area (Å²) >= 11 is 6.04. The molecular weight excluding hydrogens is 302 g/mol. The molecule has 1 saturated carbocycles. The molecule has 0 unspecified atom stereocenters. The predicted molar refractivity (Wildman–Crippen MR) is 85.9 cm³/mol. The van der Waals surface area contributed by atoms with Gasteiger partial charge in [-0.05, 0) is 37.0 Å². The van der Waals surface area contributed by atoms with Crippen LogP contribution in [0, 0.1) is 5.41 Å². The van der Waals surface area contributed by atoms with Crippen molar-refractivity contribution in [2.24, 2.45) is 5.41 Å². The first-order valence-corrected chi connectivity index (χ1v) is 8.02. The molecule has 0 spiro atoms. The summed E-state index contributed by atoms with van der Waals surface area (Å²) in [4.78, 5) is 25.1. The number of carbonyl (C=O) groups is 2. The van der Waals surface area contributed by atoms with E-state index < -0.39 is 11.4 Å². The number of nitrogens with zero attached hydrogens (tertiary/aromatic N) is 1. The lowest BCUT2D eigenvalue weighted by Crippen LogP contribution is -2.42. The number of carboxylic acids is 1. The molecule has 0 bridgehead atoms. The molecule has 1 amide bonds. The molecule has 1 fully saturated rings. The van der Waals surface area contributed by atoms with Gasteiger partial charge in [-0.3, -0.25) is 9.59 Å². The zero-order valence-corrected chi connectivity index (χ0v) is 13.6. The third-order valence-corrected chi connectivity index (χ3v) is 4.69. The van der Waals surface area contributed by atoms with Crippen LogP contribution in [0.3, 0.4) is 0 Å². The summed E-state index contributed by atoms with van der Waals surface area (Å²) in [6, 6.07) is 7.63. The Morgan fingerprint density at radius 2 is 2.00 bits per heavy atom. The van der Waals surface area contributed by atoms with E-state index in [1.807, 2.05) is 24.3 Å². The van der Waals surface area contributed by atoms with Crippen LogP contribution in [-0.2, 0) is 16.0 Å². The second-order valence-corrected chi connectivity index (χ2v) is 6.60. The van der Waals surface area contributed by atoms with Crippen molar-refractivity contribution in [3.63, 3.8) is 0 Å². The lowest BCUT2D eigenvalue weighted by atomic mass is 9.78. The normalized spacial score (nSPS) is 16.5. The largest absolute Gasteiger partial charge is 0.481 e. The number of rotatable bonds is 6. The zero-order valence-electron chi connectivity index (χ0n) is 12.8. The van der Waals surface area contributed by atoms with Crippen LogP contribution in [0.4, 0.5) is 0 Å². The number of halogens is 1. The van der Waals surface area contributed by atoms with Crippen LogP contribution in [-0.4, -0.2) is 35.5 Å². The van der Waals surface area contributed by atoms with E-state index in [1.54, 1.807) is 11.9 Å². The highest BCUT2D eigenvalue weighted by Crippen LogP contribution is 2.42. The molecule has 1 aliphatic rings. The fraction of sp³-hybridized carbons (Fsp3) is 0.529. The van der Waals surface area contributed by atoms with Crippen molar-refractivity contribution in [2.45, 2.75) is 38.5 Å². The molecule has 0 aromatic heterocycles. The highest BCUT2D eigenvalue weighted by atomic mass is 35.5. The van der Waals surface area contributed by atoms with Gasteiger partial charge in [-0.2, -0.15) is 0 Å². The lowest BCUT2D eigenvalue weighted by Gasteiger charge is -2.32. The fourth-order valence-electron chi connectivity index (χ4n) is 3.33. The minimum absolute atomic E-state index is 0.0184. The number of benzene rings is 1. The van der Waals surface area contributed by atoms with Crippen molar-refractivity contribution in [1.82, 2.24) is 4.90 Å². The molecule has 4 nitrogen and oxygen atoms in total. The van der Waals surface area contributed by atoms with Gasteiger partial charge in [0, 0.05) is 18.6 Å². The Kier molecular flexibility index (Phi) is 5.46. The van der Waals surface area contributed by atoms with Crippen LogP contribution in [0.15, 0.2) is 24.3 Å². The number of hydrogen-bond donors (Lipinski definition) is 1. The van der Waals surface area contributed by atoms with E-state index in [0.29, 0.717) is 11.4 Å². The van der Waals surface area contributed by atoms with Gasteiger partial charge in [0.05, 0.1) is 11.8 Å². The third-order valence-electron chi connectivity index (χ3n) is 4.45. The maximum absolute atomic E-state index is 12.9. The molecule has 0 heterocycles. The van der Waals surface area contributed by atoms with Crippen molar-refractivity contribution in [2.75, 3.05) is 13.6 Å². The molecule has 5 heteroatoms. The summed E-state index contributed by atoms with van der Waals surface area (Å²) in [5.74, 6) is -0.818. The molecule has 1 aromatic rings. The van der Waals surface area contributed by atoms with E-state index in [9.17, 15) is 9.59 Å². The van der Waals surface area contributed by atoms with Gasteiger partial charge in [0.25, 0.3) is 0 Å². The first-order chi connectivity index (χ1) is 10.4. The van der Waals surface area contributed by atoms with Gasteiger partial charge in [0.1, 0.15) is 0 Å². The van der Waals surface area contributed by atoms with Crippen molar-refractivity contribution >= 4 is 23.5 Å². The van der Waals surface area contributed by atoms with Gasteiger partial charge in [0.2, 0.25) is 5.91 Å².